The van der Waals surface area contributed by atoms with Crippen LogP contribution >= 0.6 is 0 Å². The first-order valence-electron chi connectivity index (χ1n) is 7.34. The van der Waals surface area contributed by atoms with Gasteiger partial charge in [-0.1, -0.05) is 0 Å². The Labute approximate surface area is 122 Å². The summed E-state index contributed by atoms with van der Waals surface area (Å²) in [6.45, 7) is 9.54. The van der Waals surface area contributed by atoms with Crippen LogP contribution in [0.15, 0.2) is 24.3 Å². The molecule has 1 aromatic rings. The molecule has 1 heterocycles. The van der Waals surface area contributed by atoms with Crippen LogP contribution < -0.4 is 14.8 Å². The standard InChI is InChI=1S/C16H26N2O2/c1-16(2)13-17-9-4-10-18(16)11-12-20-15-7-5-14(19-3)6-8-15/h5-8,17H,4,9-13H2,1-3H3. The second-order valence-electron chi connectivity index (χ2n) is 5.85. The highest BCUT2D eigenvalue weighted by Gasteiger charge is 2.27. The molecule has 0 unspecified atom stereocenters. The molecule has 4 nitrogen and oxygen atoms in total. The predicted octanol–water partition coefficient (Wildman–Crippen LogP) is 2.15. The van der Waals surface area contributed by atoms with Gasteiger partial charge in [-0.05, 0) is 51.1 Å². The van der Waals surface area contributed by atoms with E-state index in [1.807, 2.05) is 24.3 Å². The lowest BCUT2D eigenvalue weighted by Crippen LogP contribution is -2.49. The second kappa shape index (κ2) is 6.95. The third-order valence-corrected chi connectivity index (χ3v) is 3.88. The fourth-order valence-electron chi connectivity index (χ4n) is 2.56. The van der Waals surface area contributed by atoms with Crippen LogP contribution in [0, 0.1) is 0 Å². The van der Waals surface area contributed by atoms with Gasteiger partial charge in [0.2, 0.25) is 0 Å². The van der Waals surface area contributed by atoms with Crippen LogP contribution in [0.4, 0.5) is 0 Å². The molecule has 0 aliphatic carbocycles. The molecule has 1 aliphatic rings. The summed E-state index contributed by atoms with van der Waals surface area (Å²) in [4.78, 5) is 2.51. The largest absolute Gasteiger partial charge is 0.497 e. The number of nitrogens with one attached hydrogen (secondary N) is 1. The molecule has 0 bridgehead atoms. The van der Waals surface area contributed by atoms with Crippen molar-refractivity contribution in [2.45, 2.75) is 25.8 Å². The molecule has 1 saturated heterocycles. The Hall–Kier alpha value is -1.26. The smallest absolute Gasteiger partial charge is 0.119 e. The van der Waals surface area contributed by atoms with E-state index in [1.54, 1.807) is 7.11 Å². The minimum atomic E-state index is 0.194. The minimum absolute atomic E-state index is 0.194. The molecule has 20 heavy (non-hydrogen) atoms. The van der Waals surface area contributed by atoms with Gasteiger partial charge in [-0.25, -0.2) is 0 Å². The molecular weight excluding hydrogens is 252 g/mol. The summed E-state index contributed by atoms with van der Waals surface area (Å²) >= 11 is 0. The van der Waals surface area contributed by atoms with Gasteiger partial charge in [0.15, 0.2) is 0 Å². The number of benzene rings is 1. The number of nitrogens with zero attached hydrogens (tertiary/aromatic N) is 1. The molecule has 1 N–H and O–H groups in total. The minimum Gasteiger partial charge on any atom is -0.497 e. The maximum atomic E-state index is 5.82. The van der Waals surface area contributed by atoms with E-state index in [9.17, 15) is 0 Å². The SMILES string of the molecule is COc1ccc(OCCN2CCCNCC2(C)C)cc1. The Morgan fingerprint density at radius 3 is 2.60 bits per heavy atom. The summed E-state index contributed by atoms with van der Waals surface area (Å²) in [5.74, 6) is 1.76. The summed E-state index contributed by atoms with van der Waals surface area (Å²) in [5, 5.41) is 3.49. The molecule has 0 radical (unpaired) electrons. The van der Waals surface area contributed by atoms with Crippen molar-refractivity contribution in [1.29, 1.82) is 0 Å². The molecule has 1 aliphatic heterocycles. The first-order chi connectivity index (χ1) is 9.62. The highest BCUT2D eigenvalue weighted by molar-refractivity contribution is 5.31. The van der Waals surface area contributed by atoms with Crippen molar-refractivity contribution in [2.24, 2.45) is 0 Å². The third kappa shape index (κ3) is 4.12. The Bertz CT molecular complexity index is 403. The zero-order valence-electron chi connectivity index (χ0n) is 12.8. The fourth-order valence-corrected chi connectivity index (χ4v) is 2.56. The lowest BCUT2D eigenvalue weighted by Gasteiger charge is -2.36. The second-order valence-corrected chi connectivity index (χ2v) is 5.85. The number of methoxy groups -OCH3 is 1. The molecule has 4 heteroatoms. The first kappa shape index (κ1) is 15.1. The average Bonchev–Trinajstić information content (AvgIpc) is 2.61. The van der Waals surface area contributed by atoms with Gasteiger partial charge in [0.05, 0.1) is 7.11 Å². The number of rotatable bonds is 5. The lowest BCUT2D eigenvalue weighted by molar-refractivity contribution is 0.110. The molecule has 0 atom stereocenters. The quantitative estimate of drug-likeness (QED) is 0.895. The Balaban J connectivity index is 1.81. The van der Waals surface area contributed by atoms with Crippen molar-refractivity contribution in [3.63, 3.8) is 0 Å². The molecule has 112 valence electrons. The molecular formula is C16H26N2O2. The maximum Gasteiger partial charge on any atom is 0.119 e. The van der Waals surface area contributed by atoms with Crippen LogP contribution in [0.2, 0.25) is 0 Å². The Kier molecular flexibility index (Phi) is 5.26. The fraction of sp³-hybridized carbons (Fsp3) is 0.625. The van der Waals surface area contributed by atoms with E-state index in [0.717, 1.165) is 44.3 Å². The van der Waals surface area contributed by atoms with Crippen LogP contribution in [0.5, 0.6) is 11.5 Å². The van der Waals surface area contributed by atoms with Crippen LogP contribution in [0.25, 0.3) is 0 Å². The molecule has 2 rings (SSSR count). The van der Waals surface area contributed by atoms with E-state index >= 15 is 0 Å². The molecule has 0 amide bonds. The molecule has 0 spiro atoms. The van der Waals surface area contributed by atoms with Crippen LogP contribution in [-0.2, 0) is 0 Å². The number of ether oxygens (including phenoxy) is 2. The first-order valence-corrected chi connectivity index (χ1v) is 7.34. The maximum absolute atomic E-state index is 5.82. The van der Waals surface area contributed by atoms with E-state index in [0.29, 0.717) is 0 Å². The van der Waals surface area contributed by atoms with E-state index < -0.39 is 0 Å². The Morgan fingerprint density at radius 2 is 1.90 bits per heavy atom. The van der Waals surface area contributed by atoms with E-state index in [-0.39, 0.29) is 5.54 Å². The average molecular weight is 278 g/mol. The van der Waals surface area contributed by atoms with E-state index in [4.69, 9.17) is 9.47 Å². The van der Waals surface area contributed by atoms with E-state index in [2.05, 4.69) is 24.1 Å². The van der Waals surface area contributed by atoms with Gasteiger partial charge in [0.25, 0.3) is 0 Å². The zero-order chi connectivity index (χ0) is 14.4. The molecule has 0 saturated carbocycles. The van der Waals surface area contributed by atoms with Crippen molar-refractivity contribution < 1.29 is 9.47 Å². The van der Waals surface area contributed by atoms with Crippen molar-refractivity contribution in [3.05, 3.63) is 24.3 Å². The topological polar surface area (TPSA) is 33.7 Å². The summed E-state index contributed by atoms with van der Waals surface area (Å²) in [6.07, 6.45) is 1.20. The summed E-state index contributed by atoms with van der Waals surface area (Å²) < 4.78 is 11.0. The number of hydrogen-bond acceptors (Lipinski definition) is 4. The zero-order valence-corrected chi connectivity index (χ0v) is 12.8. The highest BCUT2D eigenvalue weighted by atomic mass is 16.5. The van der Waals surface area contributed by atoms with Gasteiger partial charge in [-0.3, -0.25) is 4.90 Å². The molecule has 1 fully saturated rings. The van der Waals surface area contributed by atoms with Crippen molar-refractivity contribution in [2.75, 3.05) is 39.9 Å². The van der Waals surface area contributed by atoms with Crippen LogP contribution in [0.1, 0.15) is 20.3 Å². The summed E-state index contributed by atoms with van der Waals surface area (Å²) in [7, 11) is 1.67. The normalized spacial score (nSPS) is 19.4. The van der Waals surface area contributed by atoms with Crippen LogP contribution in [-0.4, -0.2) is 50.3 Å². The van der Waals surface area contributed by atoms with Gasteiger partial charge in [0, 0.05) is 25.2 Å². The monoisotopic (exact) mass is 278 g/mol. The molecule has 1 aromatic carbocycles. The van der Waals surface area contributed by atoms with Gasteiger partial charge in [-0.2, -0.15) is 0 Å². The predicted molar refractivity (Wildman–Crippen MR) is 81.6 cm³/mol. The highest BCUT2D eigenvalue weighted by Crippen LogP contribution is 2.18. The number of hydrogen-bond donors (Lipinski definition) is 1. The summed E-state index contributed by atoms with van der Waals surface area (Å²) in [5.41, 5.74) is 0.194. The van der Waals surface area contributed by atoms with Gasteiger partial charge in [0.1, 0.15) is 18.1 Å². The van der Waals surface area contributed by atoms with Crippen LogP contribution in [0.3, 0.4) is 0 Å². The van der Waals surface area contributed by atoms with Crippen molar-refractivity contribution in [1.82, 2.24) is 10.2 Å². The van der Waals surface area contributed by atoms with Gasteiger partial charge < -0.3 is 14.8 Å². The summed E-state index contributed by atoms with van der Waals surface area (Å²) in [6, 6.07) is 7.76. The van der Waals surface area contributed by atoms with Crippen molar-refractivity contribution in [3.8, 4) is 11.5 Å². The van der Waals surface area contributed by atoms with Crippen molar-refractivity contribution >= 4 is 0 Å². The van der Waals surface area contributed by atoms with E-state index in [1.165, 1.54) is 6.42 Å². The Morgan fingerprint density at radius 1 is 1.20 bits per heavy atom. The van der Waals surface area contributed by atoms with Gasteiger partial charge in [-0.15, -0.1) is 0 Å². The lowest BCUT2D eigenvalue weighted by atomic mass is 10.0. The van der Waals surface area contributed by atoms with Gasteiger partial charge >= 0.3 is 0 Å². The third-order valence-electron chi connectivity index (χ3n) is 3.88. The molecule has 0 aromatic heterocycles.